The fourth-order valence-electron chi connectivity index (χ4n) is 5.54. The molecule has 208 valence electrons. The molecule has 2 N–H and O–H groups in total. The Labute approximate surface area is 231 Å². The molecule has 0 atom stereocenters. The van der Waals surface area contributed by atoms with Crippen molar-refractivity contribution in [2.45, 2.75) is 32.4 Å². The molecule has 0 saturated carbocycles. The minimum Gasteiger partial charge on any atom is -0.493 e. The number of para-hydroxylation sites is 1. The van der Waals surface area contributed by atoms with Gasteiger partial charge in [-0.1, -0.05) is 48.5 Å². The van der Waals surface area contributed by atoms with E-state index in [1.54, 1.807) is 46.8 Å². The van der Waals surface area contributed by atoms with Gasteiger partial charge in [0.05, 0.1) is 24.7 Å². The van der Waals surface area contributed by atoms with E-state index in [0.717, 1.165) is 5.39 Å². The molecule has 10 nitrogen and oxygen atoms in total. The molecule has 2 aromatic heterocycles. The summed E-state index contributed by atoms with van der Waals surface area (Å²) in [4.78, 5) is 54.6. The number of ether oxygens (including phenoxy) is 1. The zero-order valence-corrected chi connectivity index (χ0v) is 22.9. The molecule has 3 amide bonds. The Kier molecular flexibility index (Phi) is 7.59. The van der Waals surface area contributed by atoms with Gasteiger partial charge < -0.3 is 24.8 Å². The number of nitrogens with zero attached hydrogens (tertiary/aromatic N) is 3. The molecular weight excluding hydrogens is 510 g/mol. The molecule has 1 aliphatic heterocycles. The molecule has 0 unspecified atom stereocenters. The minimum absolute atomic E-state index is 0.100. The zero-order valence-electron chi connectivity index (χ0n) is 22.9. The van der Waals surface area contributed by atoms with Crippen LogP contribution < -0.4 is 20.9 Å². The topological polar surface area (TPSA) is 115 Å². The van der Waals surface area contributed by atoms with Crippen LogP contribution in [0.1, 0.15) is 40.6 Å². The molecule has 0 aliphatic carbocycles. The summed E-state index contributed by atoms with van der Waals surface area (Å²) >= 11 is 0. The maximum atomic E-state index is 14.0. The van der Waals surface area contributed by atoms with Gasteiger partial charge in [-0.15, -0.1) is 0 Å². The molecule has 0 radical (unpaired) electrons. The van der Waals surface area contributed by atoms with Crippen LogP contribution in [0.3, 0.4) is 0 Å². The first-order chi connectivity index (χ1) is 19.3. The Balaban J connectivity index is 1.53. The van der Waals surface area contributed by atoms with E-state index in [1.165, 1.54) is 11.7 Å². The number of fused-ring (bicyclic) bond motifs is 3. The Morgan fingerprint density at radius 3 is 2.35 bits per heavy atom. The lowest BCUT2D eigenvalue weighted by Crippen LogP contribution is -2.49. The number of likely N-dealkylation sites (tertiary alicyclic amines) is 1. The second-order valence-corrected chi connectivity index (χ2v) is 9.93. The van der Waals surface area contributed by atoms with Crippen LogP contribution in [0.15, 0.2) is 59.4 Å². The molecule has 1 aliphatic rings. The third kappa shape index (κ3) is 4.81. The van der Waals surface area contributed by atoms with Crippen LogP contribution in [-0.2, 0) is 13.6 Å². The number of urea groups is 1. The lowest BCUT2D eigenvalue weighted by Gasteiger charge is -2.32. The largest absolute Gasteiger partial charge is 0.493 e. The van der Waals surface area contributed by atoms with E-state index in [2.05, 4.69) is 10.6 Å². The van der Waals surface area contributed by atoms with Gasteiger partial charge in [0.2, 0.25) is 0 Å². The number of piperidine rings is 1. The van der Waals surface area contributed by atoms with Crippen molar-refractivity contribution in [2.75, 3.05) is 26.7 Å². The van der Waals surface area contributed by atoms with E-state index in [9.17, 15) is 19.2 Å². The van der Waals surface area contributed by atoms with E-state index in [4.69, 9.17) is 4.74 Å². The number of pyridine rings is 1. The number of Topliss-reactive ketones (excluding diaryl/α,β-unsaturated/α-hetero) is 1. The first-order valence-electron chi connectivity index (χ1n) is 13.5. The summed E-state index contributed by atoms with van der Waals surface area (Å²) in [5.41, 5.74) is 1.50. The number of carbonyl (C=O) groups is 3. The third-order valence-electron chi connectivity index (χ3n) is 7.52. The van der Waals surface area contributed by atoms with E-state index in [1.807, 2.05) is 31.2 Å². The van der Waals surface area contributed by atoms with Crippen molar-refractivity contribution < 1.29 is 19.1 Å². The van der Waals surface area contributed by atoms with Crippen LogP contribution in [0.25, 0.3) is 21.8 Å². The summed E-state index contributed by atoms with van der Waals surface area (Å²) in [5, 5.41) is 6.86. The fraction of sp³-hybridized carbons (Fsp3) is 0.333. The molecule has 2 aromatic carbocycles. The summed E-state index contributed by atoms with van der Waals surface area (Å²) < 4.78 is 8.85. The molecule has 10 heteroatoms. The number of ketones is 1. The van der Waals surface area contributed by atoms with Crippen LogP contribution in [0.2, 0.25) is 0 Å². The number of amides is 3. The molecule has 3 heterocycles. The molecular formula is C30H33N5O5. The first kappa shape index (κ1) is 27.0. The first-order valence-corrected chi connectivity index (χ1v) is 13.5. The van der Waals surface area contributed by atoms with E-state index < -0.39 is 5.56 Å². The van der Waals surface area contributed by atoms with Gasteiger partial charge in [-0.05, 0) is 25.8 Å². The number of hydrogen-bond donors (Lipinski definition) is 2. The highest BCUT2D eigenvalue weighted by Crippen LogP contribution is 2.35. The van der Waals surface area contributed by atoms with Gasteiger partial charge in [-0.25, -0.2) is 4.79 Å². The average molecular weight is 544 g/mol. The highest BCUT2D eigenvalue weighted by molar-refractivity contribution is 6.12. The van der Waals surface area contributed by atoms with Crippen LogP contribution in [0, 0.1) is 0 Å². The number of methoxy groups -OCH3 is 1. The van der Waals surface area contributed by atoms with Gasteiger partial charge in [0, 0.05) is 43.7 Å². The Bertz CT molecular complexity index is 1650. The highest BCUT2D eigenvalue weighted by atomic mass is 16.5. The van der Waals surface area contributed by atoms with Crippen molar-refractivity contribution in [1.82, 2.24) is 24.7 Å². The summed E-state index contributed by atoms with van der Waals surface area (Å²) in [6.45, 7) is 3.36. The van der Waals surface area contributed by atoms with Gasteiger partial charge in [0.25, 0.3) is 11.5 Å². The van der Waals surface area contributed by atoms with Gasteiger partial charge >= 0.3 is 6.03 Å². The summed E-state index contributed by atoms with van der Waals surface area (Å²) in [7, 11) is 3.17. The predicted molar refractivity (Wildman–Crippen MR) is 153 cm³/mol. The second-order valence-electron chi connectivity index (χ2n) is 9.93. The van der Waals surface area contributed by atoms with Gasteiger partial charge in [0.15, 0.2) is 17.2 Å². The Hall–Kier alpha value is -4.60. The monoisotopic (exact) mass is 543 g/mol. The average Bonchev–Trinajstić information content (AvgIpc) is 3.28. The molecule has 40 heavy (non-hydrogen) atoms. The summed E-state index contributed by atoms with van der Waals surface area (Å²) in [6, 6.07) is 16.0. The van der Waals surface area contributed by atoms with Crippen molar-refractivity contribution in [3.05, 3.63) is 76.2 Å². The number of rotatable bonds is 7. The maximum Gasteiger partial charge on any atom is 0.317 e. The number of aryl methyl sites for hydroxylation is 1. The Morgan fingerprint density at radius 1 is 1.00 bits per heavy atom. The van der Waals surface area contributed by atoms with Gasteiger partial charge in [-0.3, -0.25) is 19.0 Å². The lowest BCUT2D eigenvalue weighted by molar-refractivity contribution is 0.0905. The normalized spacial score (nSPS) is 13.9. The van der Waals surface area contributed by atoms with E-state index in [0.29, 0.717) is 49.1 Å². The number of nitrogens with one attached hydrogen (secondary N) is 2. The van der Waals surface area contributed by atoms with Crippen LogP contribution in [0.5, 0.6) is 5.75 Å². The maximum absolute atomic E-state index is 14.0. The number of aromatic nitrogens is 2. The van der Waals surface area contributed by atoms with Gasteiger partial charge in [0.1, 0.15) is 5.39 Å². The Morgan fingerprint density at radius 2 is 1.68 bits per heavy atom. The van der Waals surface area contributed by atoms with Crippen molar-refractivity contribution in [3.8, 4) is 5.75 Å². The molecule has 4 aromatic rings. The molecule has 1 saturated heterocycles. The summed E-state index contributed by atoms with van der Waals surface area (Å²) in [6.07, 6.45) is 1.24. The van der Waals surface area contributed by atoms with E-state index in [-0.39, 0.29) is 47.1 Å². The predicted octanol–water partition coefficient (Wildman–Crippen LogP) is 3.31. The van der Waals surface area contributed by atoms with Crippen molar-refractivity contribution >= 4 is 39.5 Å². The lowest BCUT2D eigenvalue weighted by atomic mass is 10.1. The van der Waals surface area contributed by atoms with E-state index >= 15 is 0 Å². The van der Waals surface area contributed by atoms with Crippen LogP contribution >= 0.6 is 0 Å². The summed E-state index contributed by atoms with van der Waals surface area (Å²) in [5.74, 6) is -0.382. The van der Waals surface area contributed by atoms with Gasteiger partial charge in [-0.2, -0.15) is 0 Å². The van der Waals surface area contributed by atoms with Crippen LogP contribution in [0.4, 0.5) is 4.79 Å². The van der Waals surface area contributed by atoms with Crippen LogP contribution in [-0.4, -0.2) is 64.5 Å². The zero-order chi connectivity index (χ0) is 28.4. The minimum atomic E-state index is -0.403. The quantitative estimate of drug-likeness (QED) is 0.347. The molecule has 5 rings (SSSR count). The fourth-order valence-corrected chi connectivity index (χ4v) is 5.54. The molecule has 0 spiro atoms. The number of hydrogen-bond acceptors (Lipinski definition) is 5. The molecule has 0 bridgehead atoms. The standard InChI is InChI=1S/C30H33N5O5/c1-4-31-30(39)34-16-14-20(15-17-34)32-28(37)26-27(40-3)24-25(33(26)2)21-12-8-9-13-22(21)35(29(24)38)18-23(36)19-10-6-5-7-11-19/h5-13,20H,4,14-18H2,1-3H3,(H,31,39)(H,32,37). The number of carbonyl (C=O) groups excluding carboxylic acids is 3. The number of benzene rings is 2. The second kappa shape index (κ2) is 11.3. The van der Waals surface area contributed by atoms with Crippen molar-refractivity contribution in [2.24, 2.45) is 7.05 Å². The SMILES string of the molecule is CCNC(=O)N1CCC(NC(=O)c2c(OC)c3c(=O)n(CC(=O)c4ccccc4)c4ccccc4c3n2C)CC1. The molecule has 1 fully saturated rings. The van der Waals surface area contributed by atoms with Crippen molar-refractivity contribution in [3.63, 3.8) is 0 Å². The van der Waals surface area contributed by atoms with Crippen molar-refractivity contribution in [1.29, 1.82) is 0 Å². The smallest absolute Gasteiger partial charge is 0.317 e. The third-order valence-corrected chi connectivity index (χ3v) is 7.52. The highest BCUT2D eigenvalue weighted by Gasteiger charge is 2.30.